The number of benzene rings is 1. The van der Waals surface area contributed by atoms with E-state index in [1.54, 1.807) is 17.5 Å². The van der Waals surface area contributed by atoms with Gasteiger partial charge in [0.15, 0.2) is 0 Å². The zero-order valence-corrected chi connectivity index (χ0v) is 11.5. The van der Waals surface area contributed by atoms with Crippen LogP contribution in [0.3, 0.4) is 0 Å². The molecule has 0 saturated carbocycles. The Morgan fingerprint density at radius 1 is 1.21 bits per heavy atom. The molecule has 0 fully saturated rings. The molecule has 2 aromatic heterocycles. The third kappa shape index (κ3) is 2.27. The van der Waals surface area contributed by atoms with E-state index in [9.17, 15) is 5.11 Å². The molecule has 0 aliphatic heterocycles. The summed E-state index contributed by atoms with van der Waals surface area (Å²) >= 11 is 1.67. The lowest BCUT2D eigenvalue weighted by Gasteiger charge is -2.11. The standard InChI is InChI=1S/C16H15NOS/c1-2-12-6-7-15(19-12)16(18)13-5-3-4-11-8-9-17-10-14(11)13/h3-10,16,18H,2H2,1H3. The van der Waals surface area contributed by atoms with E-state index in [1.807, 2.05) is 36.5 Å². The smallest absolute Gasteiger partial charge is 0.114 e. The van der Waals surface area contributed by atoms with Gasteiger partial charge in [-0.15, -0.1) is 11.3 Å². The summed E-state index contributed by atoms with van der Waals surface area (Å²) in [5.74, 6) is 0. The average Bonchev–Trinajstić information content (AvgIpc) is 2.95. The lowest BCUT2D eigenvalue weighted by Crippen LogP contribution is -1.98. The fraction of sp³-hybridized carbons (Fsp3) is 0.188. The molecular formula is C16H15NOS. The first kappa shape index (κ1) is 12.3. The minimum atomic E-state index is -0.571. The predicted molar refractivity (Wildman–Crippen MR) is 79.5 cm³/mol. The predicted octanol–water partition coefficient (Wildman–Crippen LogP) is 3.94. The van der Waals surface area contributed by atoms with E-state index in [0.29, 0.717) is 0 Å². The highest BCUT2D eigenvalue weighted by Crippen LogP contribution is 2.32. The van der Waals surface area contributed by atoms with Crippen LogP contribution in [0.1, 0.15) is 28.3 Å². The first-order chi connectivity index (χ1) is 9.29. The van der Waals surface area contributed by atoms with Crippen molar-refractivity contribution in [3.8, 4) is 0 Å². The summed E-state index contributed by atoms with van der Waals surface area (Å²) in [6, 6.07) is 12.1. The number of hydrogen-bond donors (Lipinski definition) is 1. The highest BCUT2D eigenvalue weighted by atomic mass is 32.1. The number of aliphatic hydroxyl groups excluding tert-OH is 1. The Morgan fingerprint density at radius 3 is 2.89 bits per heavy atom. The van der Waals surface area contributed by atoms with Crippen LogP contribution in [0.5, 0.6) is 0 Å². The second-order valence-corrected chi connectivity index (χ2v) is 5.70. The van der Waals surface area contributed by atoms with E-state index < -0.39 is 6.10 Å². The molecule has 0 spiro atoms. The van der Waals surface area contributed by atoms with E-state index in [-0.39, 0.29) is 0 Å². The van der Waals surface area contributed by atoms with Gasteiger partial charge in [0, 0.05) is 27.5 Å². The number of hydrogen-bond acceptors (Lipinski definition) is 3. The average molecular weight is 269 g/mol. The van der Waals surface area contributed by atoms with Crippen molar-refractivity contribution >= 4 is 22.1 Å². The van der Waals surface area contributed by atoms with Gasteiger partial charge >= 0.3 is 0 Å². The van der Waals surface area contributed by atoms with Gasteiger partial charge in [0.1, 0.15) is 6.10 Å². The Kier molecular flexibility index (Phi) is 3.32. The van der Waals surface area contributed by atoms with Crippen molar-refractivity contribution in [2.24, 2.45) is 0 Å². The van der Waals surface area contributed by atoms with Crippen molar-refractivity contribution in [2.45, 2.75) is 19.4 Å². The monoisotopic (exact) mass is 269 g/mol. The van der Waals surface area contributed by atoms with Gasteiger partial charge in [-0.05, 0) is 35.6 Å². The molecule has 0 bridgehead atoms. The molecule has 0 amide bonds. The summed E-state index contributed by atoms with van der Waals surface area (Å²) in [5.41, 5.74) is 0.926. The minimum Gasteiger partial charge on any atom is -0.383 e. The Labute approximate surface area is 116 Å². The molecule has 0 radical (unpaired) electrons. The fourth-order valence-corrected chi connectivity index (χ4v) is 3.22. The summed E-state index contributed by atoms with van der Waals surface area (Å²) < 4.78 is 0. The lowest BCUT2D eigenvalue weighted by molar-refractivity contribution is 0.225. The molecular weight excluding hydrogens is 254 g/mol. The van der Waals surface area contributed by atoms with Crippen molar-refractivity contribution in [3.05, 3.63) is 64.1 Å². The zero-order chi connectivity index (χ0) is 13.2. The molecule has 3 heteroatoms. The Hall–Kier alpha value is -1.71. The van der Waals surface area contributed by atoms with Gasteiger partial charge in [0.2, 0.25) is 0 Å². The largest absolute Gasteiger partial charge is 0.383 e. The summed E-state index contributed by atoms with van der Waals surface area (Å²) in [5, 5.41) is 12.7. The molecule has 3 rings (SSSR count). The van der Waals surface area contributed by atoms with Crippen LogP contribution in [0, 0.1) is 0 Å². The minimum absolute atomic E-state index is 0.571. The third-order valence-electron chi connectivity index (χ3n) is 3.31. The van der Waals surface area contributed by atoms with Crippen LogP contribution in [0.25, 0.3) is 10.8 Å². The van der Waals surface area contributed by atoms with Gasteiger partial charge in [-0.3, -0.25) is 4.98 Å². The van der Waals surface area contributed by atoms with Crippen LogP contribution in [-0.4, -0.2) is 10.1 Å². The molecule has 1 unspecified atom stereocenters. The second-order valence-electron chi connectivity index (χ2n) is 4.50. The van der Waals surface area contributed by atoms with Crippen molar-refractivity contribution in [1.29, 1.82) is 0 Å². The fourth-order valence-electron chi connectivity index (χ4n) is 2.26. The number of fused-ring (bicyclic) bond motifs is 1. The van der Waals surface area contributed by atoms with Crippen molar-refractivity contribution < 1.29 is 5.11 Å². The highest BCUT2D eigenvalue weighted by Gasteiger charge is 2.15. The molecule has 96 valence electrons. The topological polar surface area (TPSA) is 33.1 Å². The summed E-state index contributed by atoms with van der Waals surface area (Å²) in [7, 11) is 0. The van der Waals surface area contributed by atoms with Crippen molar-refractivity contribution in [1.82, 2.24) is 4.98 Å². The van der Waals surface area contributed by atoms with E-state index in [2.05, 4.69) is 18.0 Å². The summed E-state index contributed by atoms with van der Waals surface area (Å²) in [6.07, 6.45) is 4.04. The van der Waals surface area contributed by atoms with Crippen LogP contribution in [0.15, 0.2) is 48.8 Å². The summed E-state index contributed by atoms with van der Waals surface area (Å²) in [4.78, 5) is 6.46. The number of pyridine rings is 1. The number of thiophene rings is 1. The lowest BCUT2D eigenvalue weighted by atomic mass is 10.0. The molecule has 1 N–H and O–H groups in total. The Balaban J connectivity index is 2.08. The van der Waals surface area contributed by atoms with Gasteiger partial charge in [-0.1, -0.05) is 25.1 Å². The molecule has 3 aromatic rings. The summed E-state index contributed by atoms with van der Waals surface area (Å²) in [6.45, 7) is 2.13. The molecule has 1 aromatic carbocycles. The number of aromatic nitrogens is 1. The Morgan fingerprint density at radius 2 is 2.11 bits per heavy atom. The van der Waals surface area contributed by atoms with Crippen molar-refractivity contribution in [3.63, 3.8) is 0 Å². The van der Waals surface area contributed by atoms with E-state index in [4.69, 9.17) is 0 Å². The van der Waals surface area contributed by atoms with E-state index in [1.165, 1.54) is 4.88 Å². The quantitative estimate of drug-likeness (QED) is 0.781. The molecule has 0 saturated heterocycles. The first-order valence-corrected chi connectivity index (χ1v) is 7.20. The molecule has 19 heavy (non-hydrogen) atoms. The van der Waals surface area contributed by atoms with E-state index >= 15 is 0 Å². The second kappa shape index (κ2) is 5.11. The number of nitrogens with zero attached hydrogens (tertiary/aromatic N) is 1. The number of aryl methyl sites for hydroxylation is 1. The normalized spacial score (nSPS) is 12.7. The van der Waals surface area contributed by atoms with Gasteiger partial charge < -0.3 is 5.11 Å². The molecule has 2 heterocycles. The number of aliphatic hydroxyl groups is 1. The van der Waals surface area contributed by atoms with E-state index in [0.717, 1.165) is 27.6 Å². The van der Waals surface area contributed by atoms with Crippen LogP contribution >= 0.6 is 11.3 Å². The maximum absolute atomic E-state index is 10.6. The van der Waals surface area contributed by atoms with Crippen LogP contribution in [-0.2, 0) is 6.42 Å². The molecule has 0 aliphatic carbocycles. The van der Waals surface area contributed by atoms with Crippen LogP contribution in [0.4, 0.5) is 0 Å². The maximum atomic E-state index is 10.6. The highest BCUT2D eigenvalue weighted by molar-refractivity contribution is 7.12. The van der Waals surface area contributed by atoms with Crippen LogP contribution < -0.4 is 0 Å². The Bertz CT molecular complexity index is 699. The molecule has 2 nitrogen and oxygen atoms in total. The van der Waals surface area contributed by atoms with Gasteiger partial charge in [-0.25, -0.2) is 0 Å². The number of rotatable bonds is 3. The first-order valence-electron chi connectivity index (χ1n) is 6.39. The third-order valence-corrected chi connectivity index (χ3v) is 4.59. The van der Waals surface area contributed by atoms with Crippen molar-refractivity contribution in [2.75, 3.05) is 0 Å². The van der Waals surface area contributed by atoms with Gasteiger partial charge in [-0.2, -0.15) is 0 Å². The SMILES string of the molecule is CCc1ccc(C(O)c2cccc3ccncc23)s1. The molecule has 1 atom stereocenters. The van der Waals surface area contributed by atoms with Crippen LogP contribution in [0.2, 0.25) is 0 Å². The maximum Gasteiger partial charge on any atom is 0.114 e. The molecule has 0 aliphatic rings. The zero-order valence-electron chi connectivity index (χ0n) is 10.7. The van der Waals surface area contributed by atoms with Gasteiger partial charge in [0.25, 0.3) is 0 Å². The van der Waals surface area contributed by atoms with Gasteiger partial charge in [0.05, 0.1) is 0 Å².